The maximum absolute atomic E-state index is 12.6. The molecule has 2 aliphatic rings. The van der Waals surface area contributed by atoms with Gasteiger partial charge < -0.3 is 10.2 Å². The average molecular weight is 388 g/mol. The Balaban J connectivity index is 0.00000176. The fourth-order valence-corrected chi connectivity index (χ4v) is 3.98. The van der Waals surface area contributed by atoms with Crippen LogP contribution in [0.25, 0.3) is 0 Å². The highest BCUT2D eigenvalue weighted by Gasteiger charge is 2.39. The predicted octanol–water partition coefficient (Wildman–Crippen LogP) is 3.75. The van der Waals surface area contributed by atoms with E-state index in [0.717, 1.165) is 10.9 Å². The molecular formula is C17H24BrClN2O. The normalized spacial score (nSPS) is 26.9. The third kappa shape index (κ3) is 4.03. The van der Waals surface area contributed by atoms with Crippen molar-refractivity contribution in [2.45, 2.75) is 50.7 Å². The molecule has 3 rings (SSSR count). The molecule has 1 aromatic rings. The monoisotopic (exact) mass is 386 g/mol. The zero-order valence-corrected chi connectivity index (χ0v) is 15.3. The number of nitrogens with one attached hydrogen (secondary N) is 1. The van der Waals surface area contributed by atoms with Gasteiger partial charge in [-0.05, 0) is 42.9 Å². The van der Waals surface area contributed by atoms with E-state index in [2.05, 4.69) is 33.4 Å². The van der Waals surface area contributed by atoms with E-state index >= 15 is 0 Å². The van der Waals surface area contributed by atoms with Crippen molar-refractivity contribution in [2.24, 2.45) is 5.92 Å². The fourth-order valence-electron chi connectivity index (χ4n) is 3.72. The number of nitrogens with zero attached hydrogens (tertiary/aromatic N) is 1. The van der Waals surface area contributed by atoms with Crippen LogP contribution in [0.4, 0.5) is 0 Å². The van der Waals surface area contributed by atoms with Gasteiger partial charge in [-0.25, -0.2) is 0 Å². The molecule has 1 saturated heterocycles. The highest BCUT2D eigenvalue weighted by Crippen LogP contribution is 2.33. The molecule has 1 aliphatic heterocycles. The number of amides is 1. The van der Waals surface area contributed by atoms with E-state index in [-0.39, 0.29) is 24.4 Å². The van der Waals surface area contributed by atoms with Crippen molar-refractivity contribution in [3.05, 3.63) is 34.3 Å². The van der Waals surface area contributed by atoms with Crippen LogP contribution in [0, 0.1) is 5.92 Å². The third-order valence-electron chi connectivity index (χ3n) is 4.87. The molecule has 1 aromatic carbocycles. The SMILES string of the molecule is CN(Cc1ccc(Br)cc1)C(=O)C1CC2CCCCC2N1.Cl. The third-order valence-corrected chi connectivity index (χ3v) is 5.40. The van der Waals surface area contributed by atoms with Gasteiger partial charge in [0.2, 0.25) is 5.91 Å². The van der Waals surface area contributed by atoms with Gasteiger partial charge in [0.1, 0.15) is 0 Å². The van der Waals surface area contributed by atoms with Crippen LogP contribution in [-0.2, 0) is 11.3 Å². The van der Waals surface area contributed by atoms with Crippen LogP contribution in [0.5, 0.6) is 0 Å². The molecule has 1 saturated carbocycles. The van der Waals surface area contributed by atoms with Crippen LogP contribution < -0.4 is 5.32 Å². The topological polar surface area (TPSA) is 32.3 Å². The predicted molar refractivity (Wildman–Crippen MR) is 95.2 cm³/mol. The Labute approximate surface area is 147 Å². The summed E-state index contributed by atoms with van der Waals surface area (Å²) in [6.45, 7) is 0.680. The van der Waals surface area contributed by atoms with Crippen molar-refractivity contribution in [3.63, 3.8) is 0 Å². The van der Waals surface area contributed by atoms with E-state index in [9.17, 15) is 4.79 Å². The molecule has 3 unspecified atom stereocenters. The largest absolute Gasteiger partial charge is 0.340 e. The molecule has 5 heteroatoms. The van der Waals surface area contributed by atoms with E-state index in [4.69, 9.17) is 0 Å². The smallest absolute Gasteiger partial charge is 0.239 e. The summed E-state index contributed by atoms with van der Waals surface area (Å²) in [7, 11) is 1.91. The van der Waals surface area contributed by atoms with Gasteiger partial charge >= 0.3 is 0 Å². The van der Waals surface area contributed by atoms with Crippen molar-refractivity contribution < 1.29 is 4.79 Å². The molecule has 122 valence electrons. The summed E-state index contributed by atoms with van der Waals surface area (Å²) >= 11 is 3.44. The molecule has 0 bridgehead atoms. The van der Waals surface area contributed by atoms with Crippen LogP contribution in [0.15, 0.2) is 28.7 Å². The molecule has 22 heavy (non-hydrogen) atoms. The van der Waals surface area contributed by atoms with E-state index in [1.165, 1.54) is 31.2 Å². The van der Waals surface area contributed by atoms with Gasteiger partial charge in [-0.2, -0.15) is 0 Å². The average Bonchev–Trinajstić information content (AvgIpc) is 2.92. The Morgan fingerprint density at radius 1 is 1.27 bits per heavy atom. The number of benzene rings is 1. The molecular weight excluding hydrogens is 364 g/mol. The molecule has 1 N–H and O–H groups in total. The first kappa shape index (κ1) is 17.8. The minimum absolute atomic E-state index is 0. The first-order valence-corrected chi connectivity index (χ1v) is 8.68. The van der Waals surface area contributed by atoms with Gasteiger partial charge in [0.25, 0.3) is 0 Å². The van der Waals surface area contributed by atoms with Crippen LogP contribution >= 0.6 is 28.3 Å². The molecule has 1 heterocycles. The lowest BCUT2D eigenvalue weighted by molar-refractivity contribution is -0.132. The van der Waals surface area contributed by atoms with Crippen molar-refractivity contribution in [1.29, 1.82) is 0 Å². The van der Waals surface area contributed by atoms with E-state index in [1.807, 2.05) is 24.1 Å². The maximum atomic E-state index is 12.6. The Hall–Kier alpha value is -0.580. The minimum atomic E-state index is 0. The lowest BCUT2D eigenvalue weighted by Gasteiger charge is -2.24. The summed E-state index contributed by atoms with van der Waals surface area (Å²) in [5.74, 6) is 0.959. The van der Waals surface area contributed by atoms with Gasteiger partial charge in [0, 0.05) is 24.1 Å². The fraction of sp³-hybridized carbons (Fsp3) is 0.588. The van der Waals surface area contributed by atoms with Crippen LogP contribution in [0.2, 0.25) is 0 Å². The summed E-state index contributed by atoms with van der Waals surface area (Å²) in [4.78, 5) is 14.5. The van der Waals surface area contributed by atoms with Gasteiger partial charge in [0.05, 0.1) is 6.04 Å². The number of carbonyl (C=O) groups is 1. The van der Waals surface area contributed by atoms with Crippen molar-refractivity contribution in [1.82, 2.24) is 10.2 Å². The summed E-state index contributed by atoms with van der Waals surface area (Å²) in [6.07, 6.45) is 6.19. The maximum Gasteiger partial charge on any atom is 0.239 e. The number of hydrogen-bond donors (Lipinski definition) is 1. The van der Waals surface area contributed by atoms with Crippen LogP contribution in [0.3, 0.4) is 0 Å². The van der Waals surface area contributed by atoms with Gasteiger partial charge in [-0.1, -0.05) is 40.9 Å². The molecule has 0 radical (unpaired) electrons. The Bertz CT molecular complexity index is 494. The number of hydrogen-bond acceptors (Lipinski definition) is 2. The van der Waals surface area contributed by atoms with E-state index < -0.39 is 0 Å². The molecule has 3 nitrogen and oxygen atoms in total. The Morgan fingerprint density at radius 3 is 2.64 bits per heavy atom. The minimum Gasteiger partial charge on any atom is -0.340 e. The van der Waals surface area contributed by atoms with Crippen LogP contribution in [0.1, 0.15) is 37.7 Å². The summed E-state index contributed by atoms with van der Waals surface area (Å²) in [5.41, 5.74) is 1.17. The second kappa shape index (κ2) is 7.80. The zero-order valence-electron chi connectivity index (χ0n) is 12.9. The number of carbonyl (C=O) groups excluding carboxylic acids is 1. The number of likely N-dealkylation sites (N-methyl/N-ethyl adjacent to an activating group) is 1. The molecule has 2 fully saturated rings. The Kier molecular flexibility index (Phi) is 6.30. The molecule has 0 spiro atoms. The summed E-state index contributed by atoms with van der Waals surface area (Å²) < 4.78 is 1.07. The van der Waals surface area contributed by atoms with Crippen LogP contribution in [-0.4, -0.2) is 29.9 Å². The quantitative estimate of drug-likeness (QED) is 0.856. The van der Waals surface area contributed by atoms with Gasteiger partial charge in [-0.3, -0.25) is 4.79 Å². The first-order chi connectivity index (χ1) is 10.1. The second-order valence-electron chi connectivity index (χ2n) is 6.43. The molecule has 0 aromatic heterocycles. The second-order valence-corrected chi connectivity index (χ2v) is 7.34. The Morgan fingerprint density at radius 2 is 1.95 bits per heavy atom. The summed E-state index contributed by atoms with van der Waals surface area (Å²) in [5, 5.41) is 3.57. The molecule has 3 atom stereocenters. The van der Waals surface area contributed by atoms with Gasteiger partial charge in [-0.15, -0.1) is 12.4 Å². The lowest BCUT2D eigenvalue weighted by Crippen LogP contribution is -2.43. The molecule has 1 aliphatic carbocycles. The standard InChI is InChI=1S/C17H23BrN2O.ClH/c1-20(11-12-6-8-14(18)9-7-12)17(21)16-10-13-4-2-3-5-15(13)19-16;/h6-9,13,15-16,19H,2-5,10-11H2,1H3;1H. The van der Waals surface area contributed by atoms with Crippen molar-refractivity contribution in [2.75, 3.05) is 7.05 Å². The number of rotatable bonds is 3. The van der Waals surface area contributed by atoms with Crippen molar-refractivity contribution >= 4 is 34.2 Å². The summed E-state index contributed by atoms with van der Waals surface area (Å²) in [6, 6.07) is 8.78. The van der Waals surface area contributed by atoms with E-state index in [1.54, 1.807) is 0 Å². The zero-order chi connectivity index (χ0) is 14.8. The van der Waals surface area contributed by atoms with Crippen molar-refractivity contribution in [3.8, 4) is 0 Å². The molecule has 1 amide bonds. The van der Waals surface area contributed by atoms with E-state index in [0.29, 0.717) is 18.5 Å². The first-order valence-electron chi connectivity index (χ1n) is 7.89. The highest BCUT2D eigenvalue weighted by molar-refractivity contribution is 9.10. The number of fused-ring (bicyclic) bond motifs is 1. The lowest BCUT2D eigenvalue weighted by atomic mass is 9.85. The number of halogens is 2. The highest BCUT2D eigenvalue weighted by atomic mass is 79.9. The van der Waals surface area contributed by atoms with Gasteiger partial charge in [0.15, 0.2) is 0 Å².